The van der Waals surface area contributed by atoms with E-state index >= 15 is 0 Å². The summed E-state index contributed by atoms with van der Waals surface area (Å²) in [6, 6.07) is 1.80. The lowest BCUT2D eigenvalue weighted by Crippen LogP contribution is -2.50. The first-order chi connectivity index (χ1) is 10.1. The highest BCUT2D eigenvalue weighted by atomic mass is 79.9. The van der Waals surface area contributed by atoms with Gasteiger partial charge in [0.1, 0.15) is 0 Å². The van der Waals surface area contributed by atoms with E-state index in [1.54, 1.807) is 18.5 Å². The molecule has 114 valence electrons. The first-order valence-corrected chi connectivity index (χ1v) is 8.23. The molecule has 1 unspecified atom stereocenters. The van der Waals surface area contributed by atoms with Crippen LogP contribution in [0.25, 0.3) is 0 Å². The third kappa shape index (κ3) is 3.81. The Balaban J connectivity index is 1.51. The van der Waals surface area contributed by atoms with Gasteiger partial charge in [-0.15, -0.1) is 0 Å². The molecule has 0 bridgehead atoms. The smallest absolute Gasteiger partial charge is 0.255 e. The largest absolute Gasteiger partial charge is 0.392 e. The van der Waals surface area contributed by atoms with Crippen LogP contribution in [0.2, 0.25) is 0 Å². The Labute approximate surface area is 133 Å². The molecule has 21 heavy (non-hydrogen) atoms. The predicted octanol–water partition coefficient (Wildman–Crippen LogP) is 1.37. The van der Waals surface area contributed by atoms with E-state index < -0.39 is 0 Å². The molecule has 1 aromatic heterocycles. The second-order valence-corrected chi connectivity index (χ2v) is 6.81. The first-order valence-electron chi connectivity index (χ1n) is 7.44. The standard InChI is InChI=1S/C15H20BrN3O2/c16-13-7-12(8-17-9-13)15(21)19-5-3-18(4-6-19)10-14(20)11-1-2-11/h7-9,11,14,20H,1-6,10H2. The van der Waals surface area contributed by atoms with E-state index in [1.807, 2.05) is 4.90 Å². The van der Waals surface area contributed by atoms with Crippen LogP contribution in [0.3, 0.4) is 0 Å². The van der Waals surface area contributed by atoms with Crippen molar-refractivity contribution in [1.82, 2.24) is 14.8 Å². The van der Waals surface area contributed by atoms with Gasteiger partial charge in [0.25, 0.3) is 5.91 Å². The van der Waals surface area contributed by atoms with Crippen LogP contribution in [0, 0.1) is 5.92 Å². The quantitative estimate of drug-likeness (QED) is 0.888. The van der Waals surface area contributed by atoms with E-state index in [2.05, 4.69) is 25.8 Å². The molecule has 2 aliphatic rings. The lowest BCUT2D eigenvalue weighted by molar-refractivity contribution is 0.0488. The molecule has 1 saturated heterocycles. The molecule has 5 nitrogen and oxygen atoms in total. The van der Waals surface area contributed by atoms with E-state index in [1.165, 1.54) is 0 Å². The number of carbonyl (C=O) groups excluding carboxylic acids is 1. The van der Waals surface area contributed by atoms with Crippen LogP contribution in [-0.4, -0.2) is 64.6 Å². The summed E-state index contributed by atoms with van der Waals surface area (Å²) in [5.41, 5.74) is 0.621. The highest BCUT2D eigenvalue weighted by molar-refractivity contribution is 9.10. The van der Waals surface area contributed by atoms with Crippen LogP contribution < -0.4 is 0 Å². The molecule has 1 atom stereocenters. The Morgan fingerprint density at radius 1 is 1.33 bits per heavy atom. The molecular formula is C15H20BrN3O2. The van der Waals surface area contributed by atoms with Crippen molar-refractivity contribution in [3.05, 3.63) is 28.5 Å². The molecule has 0 aromatic carbocycles. The Bertz CT molecular complexity index is 513. The summed E-state index contributed by atoms with van der Waals surface area (Å²) >= 11 is 3.34. The van der Waals surface area contributed by atoms with Gasteiger partial charge in [0.05, 0.1) is 11.7 Å². The zero-order valence-electron chi connectivity index (χ0n) is 11.9. The lowest BCUT2D eigenvalue weighted by atomic mass is 10.2. The minimum Gasteiger partial charge on any atom is -0.392 e. The van der Waals surface area contributed by atoms with Crippen LogP contribution in [0.4, 0.5) is 0 Å². The topological polar surface area (TPSA) is 56.7 Å². The molecule has 3 rings (SSSR count). The number of hydrogen-bond donors (Lipinski definition) is 1. The van der Waals surface area contributed by atoms with Crippen molar-refractivity contribution in [3.8, 4) is 0 Å². The summed E-state index contributed by atoms with van der Waals surface area (Å²) < 4.78 is 0.819. The third-order valence-corrected chi connectivity index (χ3v) is 4.66. The molecule has 1 amide bonds. The van der Waals surface area contributed by atoms with Crippen LogP contribution in [-0.2, 0) is 0 Å². The zero-order valence-corrected chi connectivity index (χ0v) is 13.5. The van der Waals surface area contributed by atoms with Crippen LogP contribution in [0.5, 0.6) is 0 Å². The summed E-state index contributed by atoms with van der Waals surface area (Å²) in [7, 11) is 0. The average molecular weight is 354 g/mol. The zero-order chi connectivity index (χ0) is 14.8. The molecule has 0 spiro atoms. The van der Waals surface area contributed by atoms with Crippen LogP contribution >= 0.6 is 15.9 Å². The summed E-state index contributed by atoms with van der Waals surface area (Å²) in [5.74, 6) is 0.545. The van der Waals surface area contributed by atoms with Crippen molar-refractivity contribution < 1.29 is 9.90 Å². The minimum atomic E-state index is -0.193. The maximum Gasteiger partial charge on any atom is 0.255 e. The monoisotopic (exact) mass is 353 g/mol. The fourth-order valence-corrected chi connectivity index (χ4v) is 3.10. The number of aliphatic hydroxyl groups is 1. The number of rotatable bonds is 4. The van der Waals surface area contributed by atoms with Crippen molar-refractivity contribution >= 4 is 21.8 Å². The molecule has 2 fully saturated rings. The van der Waals surface area contributed by atoms with E-state index in [9.17, 15) is 9.90 Å². The maximum atomic E-state index is 12.4. The highest BCUT2D eigenvalue weighted by Crippen LogP contribution is 2.32. The summed E-state index contributed by atoms with van der Waals surface area (Å²) in [4.78, 5) is 20.6. The minimum absolute atomic E-state index is 0.0335. The summed E-state index contributed by atoms with van der Waals surface area (Å²) in [5, 5.41) is 9.99. The molecule has 1 aliphatic heterocycles. The SMILES string of the molecule is O=C(c1cncc(Br)c1)N1CCN(CC(O)C2CC2)CC1. The number of carbonyl (C=O) groups is 1. The second-order valence-electron chi connectivity index (χ2n) is 5.89. The van der Waals surface area contributed by atoms with E-state index in [0.29, 0.717) is 24.6 Å². The number of β-amino-alcohol motifs (C(OH)–C–C–N with tert-alkyl or cyclic N) is 1. The molecule has 6 heteroatoms. The molecular weight excluding hydrogens is 334 g/mol. The van der Waals surface area contributed by atoms with Crippen molar-refractivity contribution in [1.29, 1.82) is 0 Å². The number of halogens is 1. The molecule has 2 heterocycles. The van der Waals surface area contributed by atoms with Crippen molar-refractivity contribution in [2.75, 3.05) is 32.7 Å². The van der Waals surface area contributed by atoms with Gasteiger partial charge in [-0.3, -0.25) is 14.7 Å². The van der Waals surface area contributed by atoms with E-state index in [4.69, 9.17) is 0 Å². The Morgan fingerprint density at radius 2 is 2.05 bits per heavy atom. The first kappa shape index (κ1) is 14.9. The Morgan fingerprint density at radius 3 is 2.67 bits per heavy atom. The molecule has 1 N–H and O–H groups in total. The van der Waals surface area contributed by atoms with E-state index in [0.717, 1.165) is 36.9 Å². The molecule has 1 aliphatic carbocycles. The van der Waals surface area contributed by atoms with Crippen molar-refractivity contribution in [2.45, 2.75) is 18.9 Å². The molecule has 0 radical (unpaired) electrons. The van der Waals surface area contributed by atoms with Gasteiger partial charge in [-0.2, -0.15) is 0 Å². The van der Waals surface area contributed by atoms with Gasteiger partial charge in [0.15, 0.2) is 0 Å². The van der Waals surface area contributed by atoms with Gasteiger partial charge in [0, 0.05) is 49.6 Å². The number of nitrogens with zero attached hydrogens (tertiary/aromatic N) is 3. The fourth-order valence-electron chi connectivity index (χ4n) is 2.74. The van der Waals surface area contributed by atoms with Crippen LogP contribution in [0.15, 0.2) is 22.9 Å². The predicted molar refractivity (Wildman–Crippen MR) is 83.0 cm³/mol. The summed E-state index contributed by atoms with van der Waals surface area (Å²) in [6.07, 6.45) is 5.41. The van der Waals surface area contributed by atoms with Gasteiger partial charge >= 0.3 is 0 Å². The van der Waals surface area contributed by atoms with Crippen molar-refractivity contribution in [2.24, 2.45) is 5.92 Å². The number of aliphatic hydroxyl groups excluding tert-OH is 1. The number of pyridine rings is 1. The lowest BCUT2D eigenvalue weighted by Gasteiger charge is -2.35. The van der Waals surface area contributed by atoms with Gasteiger partial charge < -0.3 is 10.0 Å². The number of hydrogen-bond acceptors (Lipinski definition) is 4. The summed E-state index contributed by atoms with van der Waals surface area (Å²) in [6.45, 7) is 3.82. The highest BCUT2D eigenvalue weighted by Gasteiger charge is 2.32. The number of amides is 1. The molecule has 1 aromatic rings. The number of aromatic nitrogens is 1. The van der Waals surface area contributed by atoms with Gasteiger partial charge in [-0.1, -0.05) is 0 Å². The van der Waals surface area contributed by atoms with Gasteiger partial charge in [0.2, 0.25) is 0 Å². The maximum absolute atomic E-state index is 12.4. The normalized spacial score (nSPS) is 21.3. The van der Waals surface area contributed by atoms with Crippen molar-refractivity contribution in [3.63, 3.8) is 0 Å². The second kappa shape index (κ2) is 6.42. The van der Waals surface area contributed by atoms with Gasteiger partial charge in [-0.25, -0.2) is 0 Å². The average Bonchev–Trinajstić information content (AvgIpc) is 3.32. The fraction of sp³-hybridized carbons (Fsp3) is 0.600. The third-order valence-electron chi connectivity index (χ3n) is 4.22. The molecule has 1 saturated carbocycles. The van der Waals surface area contributed by atoms with Gasteiger partial charge in [-0.05, 0) is 40.8 Å². The van der Waals surface area contributed by atoms with E-state index in [-0.39, 0.29) is 12.0 Å². The number of piperazine rings is 1. The Hall–Kier alpha value is -0.980. The van der Waals surface area contributed by atoms with Crippen LogP contribution in [0.1, 0.15) is 23.2 Å². The Kier molecular flexibility index (Phi) is 4.57.